The van der Waals surface area contributed by atoms with Crippen LogP contribution in [-0.2, 0) is 17.5 Å². The van der Waals surface area contributed by atoms with Crippen LogP contribution in [0.25, 0.3) is 22.0 Å². The van der Waals surface area contributed by atoms with E-state index in [0.717, 1.165) is 33.7 Å². The van der Waals surface area contributed by atoms with E-state index in [1.807, 2.05) is 0 Å². The molecule has 48 heavy (non-hydrogen) atoms. The van der Waals surface area contributed by atoms with Gasteiger partial charge in [0.05, 0.1) is 27.5 Å². The fourth-order valence-corrected chi connectivity index (χ4v) is 11.8. The number of carbonyl (C=O) groups excluding carboxylic acids is 1. The third-order valence-electron chi connectivity index (χ3n) is 9.64. The monoisotopic (exact) mass is 721 g/mol. The maximum Gasteiger partial charge on any atom is 0.417 e. The lowest BCUT2D eigenvalue weighted by Gasteiger charge is -2.52. The standard InChI is InChI=1S/C31H28ClF8N5O2S/c1-4-23(46)45-15(2)8-43(9-16(45)3)27-18-5-19(31(37,38)39)24-17-6-20(32)21(33)7-22(17)48(40)14-29(10-42(11-29)13-30(34,35)36)12-44(28(47)41-27)25(18)26(24)48/h4-7,15-16H,1,8-14H2,2-3H3. The number of hydrogen-bond acceptors (Lipinski definition) is 5. The van der Waals surface area contributed by atoms with Crippen LogP contribution in [0.2, 0.25) is 5.02 Å². The average molecular weight is 722 g/mol. The highest BCUT2D eigenvalue weighted by Gasteiger charge is 2.57. The van der Waals surface area contributed by atoms with Gasteiger partial charge in [-0.05, 0) is 54.1 Å². The van der Waals surface area contributed by atoms with Crippen molar-refractivity contribution in [2.75, 3.05) is 43.4 Å². The Balaban J connectivity index is 1.51. The third kappa shape index (κ3) is 4.91. The molecule has 0 saturated carbocycles. The van der Waals surface area contributed by atoms with E-state index in [1.165, 1.54) is 0 Å². The molecule has 0 bridgehead atoms. The molecule has 2 aromatic carbocycles. The van der Waals surface area contributed by atoms with Crippen molar-refractivity contribution in [3.8, 4) is 11.1 Å². The molecule has 1 aromatic heterocycles. The number of alkyl halides is 6. The highest BCUT2D eigenvalue weighted by Crippen LogP contribution is 2.78. The Morgan fingerprint density at radius 2 is 1.75 bits per heavy atom. The van der Waals surface area contributed by atoms with E-state index < -0.39 is 85.1 Å². The first-order valence-electron chi connectivity index (χ1n) is 14.9. The van der Waals surface area contributed by atoms with Crippen LogP contribution < -0.4 is 10.6 Å². The zero-order chi connectivity index (χ0) is 34.9. The summed E-state index contributed by atoms with van der Waals surface area (Å²) in [7, 11) is -4.09. The quantitative estimate of drug-likeness (QED) is 0.221. The van der Waals surface area contributed by atoms with Crippen molar-refractivity contribution in [1.29, 1.82) is 0 Å². The van der Waals surface area contributed by atoms with Gasteiger partial charge in [0.15, 0.2) is 0 Å². The van der Waals surface area contributed by atoms with Crippen LogP contribution in [0, 0.1) is 11.2 Å². The van der Waals surface area contributed by atoms with Gasteiger partial charge in [-0.25, -0.2) is 9.18 Å². The number of aromatic nitrogens is 2. The minimum Gasteiger partial charge on any atom is -0.352 e. The van der Waals surface area contributed by atoms with Crippen LogP contribution in [-0.4, -0.2) is 82.0 Å². The summed E-state index contributed by atoms with van der Waals surface area (Å²) < 4.78 is 119. The lowest BCUT2D eigenvalue weighted by Crippen LogP contribution is -2.62. The Bertz CT molecular complexity index is 1970. The molecule has 0 N–H and O–H groups in total. The van der Waals surface area contributed by atoms with Crippen molar-refractivity contribution >= 4 is 44.6 Å². The van der Waals surface area contributed by atoms with Gasteiger partial charge in [-0.3, -0.25) is 14.3 Å². The summed E-state index contributed by atoms with van der Waals surface area (Å²) in [5.41, 5.74) is -4.46. The topological polar surface area (TPSA) is 61.7 Å². The van der Waals surface area contributed by atoms with Crippen LogP contribution >= 0.6 is 22.0 Å². The van der Waals surface area contributed by atoms with E-state index in [2.05, 4.69) is 11.6 Å². The number of amides is 1. The number of fused-ring (bicyclic) bond motifs is 3. The Morgan fingerprint density at radius 1 is 1.10 bits per heavy atom. The number of hydrogen-bond donors (Lipinski definition) is 0. The van der Waals surface area contributed by atoms with Crippen LogP contribution in [0.5, 0.6) is 0 Å². The van der Waals surface area contributed by atoms with Crippen LogP contribution in [0.15, 0.2) is 45.4 Å². The Kier molecular flexibility index (Phi) is 7.29. The van der Waals surface area contributed by atoms with E-state index in [9.17, 15) is 27.2 Å². The number of carbonyl (C=O) groups is 1. The molecule has 4 aliphatic heterocycles. The maximum absolute atomic E-state index is 18.2. The molecule has 1 spiro atoms. The predicted molar refractivity (Wildman–Crippen MR) is 165 cm³/mol. The Labute approximate surface area is 275 Å². The van der Waals surface area contributed by atoms with Crippen molar-refractivity contribution in [2.24, 2.45) is 5.41 Å². The third-order valence-corrected chi connectivity index (χ3v) is 13.0. The first-order valence-corrected chi connectivity index (χ1v) is 17.0. The molecule has 17 heteroatoms. The maximum atomic E-state index is 18.2. The van der Waals surface area contributed by atoms with Crippen molar-refractivity contribution in [3.63, 3.8) is 0 Å². The Hall–Kier alpha value is -3.37. The lowest BCUT2D eigenvalue weighted by atomic mass is 9.81. The molecule has 3 unspecified atom stereocenters. The summed E-state index contributed by atoms with van der Waals surface area (Å²) >= 11 is 6.04. The highest BCUT2D eigenvalue weighted by molar-refractivity contribution is 8.30. The van der Waals surface area contributed by atoms with Crippen LogP contribution in [0.4, 0.5) is 40.4 Å². The van der Waals surface area contributed by atoms with Gasteiger partial charge in [-0.15, -0.1) is 0 Å². The van der Waals surface area contributed by atoms with Gasteiger partial charge in [0, 0.05) is 71.8 Å². The number of anilines is 1. The molecule has 2 fully saturated rings. The van der Waals surface area contributed by atoms with Crippen LogP contribution in [0.3, 0.4) is 0 Å². The molecule has 1 amide bonds. The summed E-state index contributed by atoms with van der Waals surface area (Å²) in [6.07, 6.45) is -8.47. The first kappa shape index (κ1) is 33.1. The molecule has 258 valence electrons. The number of rotatable bonds is 3. The number of piperazine rings is 1. The molecule has 0 aliphatic carbocycles. The van der Waals surface area contributed by atoms with E-state index in [0.29, 0.717) is 0 Å². The van der Waals surface area contributed by atoms with E-state index in [1.54, 1.807) is 23.6 Å². The second kappa shape index (κ2) is 10.6. The van der Waals surface area contributed by atoms with Gasteiger partial charge in [0.2, 0.25) is 5.91 Å². The fraction of sp³-hybridized carbons (Fsp3) is 0.452. The SMILES string of the molecule is C=CC(=O)N1C(C)CN(c2nc(=O)n3c4c5c(c(C(F)(F)F)cc24)-c2cc(Cl)c(F)cc2S5(F)CC2(CN(CC(F)(F)F)C2)C3)CC1C. The molecule has 5 heterocycles. The minimum atomic E-state index is -5.05. The number of likely N-dealkylation sites (tertiary alicyclic amines) is 1. The minimum absolute atomic E-state index is 0.0684. The number of nitrogens with zero attached hydrogens (tertiary/aromatic N) is 5. The van der Waals surface area contributed by atoms with Gasteiger partial charge in [0.25, 0.3) is 0 Å². The molecule has 0 radical (unpaired) electrons. The molecule has 4 aliphatic rings. The van der Waals surface area contributed by atoms with E-state index in [-0.39, 0.29) is 65.8 Å². The van der Waals surface area contributed by atoms with Gasteiger partial charge in [0.1, 0.15) is 11.6 Å². The van der Waals surface area contributed by atoms with E-state index in [4.69, 9.17) is 11.6 Å². The van der Waals surface area contributed by atoms with Gasteiger partial charge in [-0.2, -0.15) is 35.2 Å². The predicted octanol–water partition coefficient (Wildman–Crippen LogP) is 6.78. The van der Waals surface area contributed by atoms with Gasteiger partial charge < -0.3 is 9.80 Å². The largest absolute Gasteiger partial charge is 0.417 e. The normalized spacial score (nSPS) is 26.2. The molecule has 3 atom stereocenters. The second-order valence-corrected chi connectivity index (χ2v) is 16.1. The Morgan fingerprint density at radius 3 is 2.33 bits per heavy atom. The fourth-order valence-electron chi connectivity index (χ4n) is 8.14. The van der Waals surface area contributed by atoms with Crippen LogP contribution in [0.1, 0.15) is 19.4 Å². The molecule has 3 aromatic rings. The van der Waals surface area contributed by atoms with Crippen molar-refractivity contribution in [1.82, 2.24) is 19.4 Å². The highest BCUT2D eigenvalue weighted by atomic mass is 35.5. The second-order valence-electron chi connectivity index (χ2n) is 13.2. The molecule has 7 rings (SSSR count). The summed E-state index contributed by atoms with van der Waals surface area (Å²) in [5, 5.41) is -0.716. The molecular weight excluding hydrogens is 694 g/mol. The van der Waals surface area contributed by atoms with Crippen molar-refractivity contribution in [3.05, 3.63) is 57.7 Å². The van der Waals surface area contributed by atoms with Crippen molar-refractivity contribution < 1.29 is 39.4 Å². The summed E-state index contributed by atoms with van der Waals surface area (Å²) in [6, 6.07) is 1.56. The number of halogens is 9. The molecule has 2 saturated heterocycles. The summed E-state index contributed by atoms with van der Waals surface area (Å²) in [4.78, 5) is 34.1. The van der Waals surface area contributed by atoms with Gasteiger partial charge in [-0.1, -0.05) is 18.2 Å². The average Bonchev–Trinajstić information content (AvgIpc) is 3.09. The summed E-state index contributed by atoms with van der Waals surface area (Å²) in [6.45, 7) is 4.91. The summed E-state index contributed by atoms with van der Waals surface area (Å²) in [5.74, 6) is -2.09. The van der Waals surface area contributed by atoms with Crippen molar-refractivity contribution in [2.45, 2.75) is 54.6 Å². The molecule has 7 nitrogen and oxygen atoms in total. The first-order chi connectivity index (χ1) is 22.3. The number of benzene rings is 2. The molecular formula is C31H28ClF8N5O2S. The lowest BCUT2D eigenvalue weighted by molar-refractivity contribution is -0.168. The zero-order valence-corrected chi connectivity index (χ0v) is 27.1. The van der Waals surface area contributed by atoms with E-state index >= 15 is 17.1 Å². The zero-order valence-electron chi connectivity index (χ0n) is 25.5. The van der Waals surface area contributed by atoms with Gasteiger partial charge >= 0.3 is 18.0 Å². The smallest absolute Gasteiger partial charge is 0.352 e.